The van der Waals surface area contributed by atoms with Crippen LogP contribution in [0, 0.1) is 0 Å². The molecule has 104 valence electrons. The predicted octanol–water partition coefficient (Wildman–Crippen LogP) is -2.07. The van der Waals surface area contributed by atoms with Gasteiger partial charge in [-0.2, -0.15) is 0 Å². The summed E-state index contributed by atoms with van der Waals surface area (Å²) in [5.74, 6) is -2.42. The summed E-state index contributed by atoms with van der Waals surface area (Å²) in [5.41, 5.74) is 4.97. The van der Waals surface area contributed by atoms with Crippen molar-refractivity contribution in [2.75, 3.05) is 19.8 Å². The van der Waals surface area contributed by atoms with Gasteiger partial charge in [-0.25, -0.2) is 4.79 Å². The van der Waals surface area contributed by atoms with Gasteiger partial charge < -0.3 is 25.3 Å². The molecule has 0 aliphatic carbocycles. The fourth-order valence-corrected chi connectivity index (χ4v) is 1.92. The summed E-state index contributed by atoms with van der Waals surface area (Å²) in [6, 6.07) is -0.862. The van der Waals surface area contributed by atoms with Gasteiger partial charge in [0, 0.05) is 13.0 Å². The van der Waals surface area contributed by atoms with Crippen molar-refractivity contribution in [2.24, 2.45) is 10.9 Å². The van der Waals surface area contributed by atoms with Crippen molar-refractivity contribution < 1.29 is 29.1 Å². The normalized spacial score (nSPS) is 26.5. The van der Waals surface area contributed by atoms with Crippen LogP contribution in [0.5, 0.6) is 0 Å². The fraction of sp³-hybridized carbons (Fsp3) is 0.600. The van der Waals surface area contributed by atoms with E-state index in [0.29, 0.717) is 0 Å². The van der Waals surface area contributed by atoms with E-state index in [0.717, 1.165) is 0 Å². The minimum absolute atomic E-state index is 0.0282. The molecule has 0 bridgehead atoms. The van der Waals surface area contributed by atoms with Crippen LogP contribution in [0.25, 0.3) is 0 Å². The molecular weight excluding hydrogens is 258 g/mol. The monoisotopic (exact) mass is 271 g/mol. The minimum Gasteiger partial charge on any atom is -0.477 e. The Bertz CT molecular complexity index is 449. The number of hydrogen-bond acceptors (Lipinski definition) is 6. The van der Waals surface area contributed by atoms with Crippen LogP contribution in [0.15, 0.2) is 5.16 Å². The van der Waals surface area contributed by atoms with Crippen LogP contribution < -0.4 is 5.73 Å². The van der Waals surface area contributed by atoms with Crippen molar-refractivity contribution in [3.8, 4) is 0 Å². The van der Waals surface area contributed by atoms with Gasteiger partial charge in [0.2, 0.25) is 12.0 Å². The lowest BCUT2D eigenvalue weighted by atomic mass is 10.1. The van der Waals surface area contributed by atoms with E-state index in [2.05, 4.69) is 5.16 Å². The van der Waals surface area contributed by atoms with Gasteiger partial charge >= 0.3 is 5.97 Å². The Labute approximate surface area is 107 Å². The highest BCUT2D eigenvalue weighted by molar-refractivity contribution is 6.36. The third-order valence-electron chi connectivity index (χ3n) is 2.93. The number of rotatable bonds is 3. The maximum absolute atomic E-state index is 12.2. The Morgan fingerprint density at radius 1 is 1.42 bits per heavy atom. The number of primary amides is 1. The Morgan fingerprint density at radius 2 is 2.16 bits per heavy atom. The zero-order valence-electron chi connectivity index (χ0n) is 9.94. The summed E-state index contributed by atoms with van der Waals surface area (Å²) >= 11 is 0. The molecule has 1 fully saturated rings. The number of carbonyl (C=O) groups is 3. The average Bonchev–Trinajstić information content (AvgIpc) is 2.87. The lowest BCUT2D eigenvalue weighted by Gasteiger charge is -2.34. The molecule has 2 amide bonds. The highest BCUT2D eigenvalue weighted by Gasteiger charge is 2.39. The third-order valence-corrected chi connectivity index (χ3v) is 2.93. The first-order valence-corrected chi connectivity index (χ1v) is 5.64. The number of carboxylic acids is 1. The van der Waals surface area contributed by atoms with Crippen LogP contribution in [0.2, 0.25) is 0 Å². The van der Waals surface area contributed by atoms with Crippen molar-refractivity contribution in [2.45, 2.75) is 18.6 Å². The highest BCUT2D eigenvalue weighted by atomic mass is 16.6. The number of amides is 2. The van der Waals surface area contributed by atoms with E-state index >= 15 is 0 Å². The Kier molecular flexibility index (Phi) is 3.65. The minimum atomic E-state index is -1.23. The molecule has 0 spiro atoms. The molecule has 1 saturated heterocycles. The van der Waals surface area contributed by atoms with Gasteiger partial charge in [0.25, 0.3) is 5.91 Å². The predicted molar refractivity (Wildman–Crippen MR) is 60.1 cm³/mol. The van der Waals surface area contributed by atoms with Gasteiger partial charge in [-0.15, -0.1) is 0 Å². The first kappa shape index (κ1) is 13.3. The maximum atomic E-state index is 12.2. The van der Waals surface area contributed by atoms with Crippen LogP contribution in [-0.2, 0) is 24.0 Å². The number of carbonyl (C=O) groups excluding carboxylic acids is 2. The van der Waals surface area contributed by atoms with Gasteiger partial charge in [0.1, 0.15) is 6.04 Å². The van der Waals surface area contributed by atoms with Gasteiger partial charge in [0.15, 0.2) is 5.71 Å². The Hall–Kier alpha value is -2.16. The van der Waals surface area contributed by atoms with Gasteiger partial charge in [-0.05, 0) is 0 Å². The van der Waals surface area contributed by atoms with E-state index in [-0.39, 0.29) is 31.9 Å². The molecule has 0 saturated carbocycles. The summed E-state index contributed by atoms with van der Waals surface area (Å²) in [4.78, 5) is 40.1. The quantitative estimate of drug-likeness (QED) is 0.606. The van der Waals surface area contributed by atoms with Crippen molar-refractivity contribution in [3.05, 3.63) is 0 Å². The van der Waals surface area contributed by atoms with E-state index < -0.39 is 29.9 Å². The molecule has 2 rings (SSSR count). The Morgan fingerprint density at radius 3 is 2.74 bits per heavy atom. The molecule has 0 aromatic rings. The summed E-state index contributed by atoms with van der Waals surface area (Å²) < 4.78 is 5.09. The molecule has 0 aromatic heterocycles. The molecule has 9 heteroatoms. The lowest BCUT2D eigenvalue weighted by Crippen LogP contribution is -2.57. The van der Waals surface area contributed by atoms with Gasteiger partial charge in [0.05, 0.1) is 13.2 Å². The van der Waals surface area contributed by atoms with Crippen molar-refractivity contribution in [3.63, 3.8) is 0 Å². The van der Waals surface area contributed by atoms with E-state index in [4.69, 9.17) is 20.4 Å². The van der Waals surface area contributed by atoms with Crippen LogP contribution in [0.1, 0.15) is 6.42 Å². The summed E-state index contributed by atoms with van der Waals surface area (Å²) in [6.07, 6.45) is -1.15. The van der Waals surface area contributed by atoms with Gasteiger partial charge in [-0.3, -0.25) is 9.59 Å². The molecule has 2 unspecified atom stereocenters. The summed E-state index contributed by atoms with van der Waals surface area (Å²) in [5, 5.41) is 12.1. The van der Waals surface area contributed by atoms with E-state index in [1.165, 1.54) is 4.90 Å². The number of nitrogens with two attached hydrogens (primary N) is 1. The smallest absolute Gasteiger partial charge is 0.353 e. The molecular formula is C10H13N3O6. The molecule has 19 heavy (non-hydrogen) atoms. The standard InChI is InChI=1S/C10H13N3O6/c11-8(14)6-4-18-2-1-13(6)9(15)7-3-5(10(16)17)12-19-7/h6-7H,1-4H2,(H2,11,14)(H,16,17). The molecule has 2 aliphatic rings. The summed E-state index contributed by atoms with van der Waals surface area (Å²) in [7, 11) is 0. The second kappa shape index (κ2) is 5.22. The number of hydrogen-bond donors (Lipinski definition) is 2. The SMILES string of the molecule is NC(=O)C1COCCN1C(=O)C1CC(C(=O)O)=NO1. The zero-order chi connectivity index (χ0) is 14.0. The number of ether oxygens (including phenoxy) is 1. The number of carboxylic acid groups (broad SMARTS) is 1. The number of nitrogens with zero attached hydrogens (tertiary/aromatic N) is 2. The van der Waals surface area contributed by atoms with Crippen LogP contribution in [0.4, 0.5) is 0 Å². The lowest BCUT2D eigenvalue weighted by molar-refractivity contribution is -0.155. The van der Waals surface area contributed by atoms with Crippen molar-refractivity contribution >= 4 is 23.5 Å². The molecule has 0 radical (unpaired) electrons. The molecule has 2 aliphatic heterocycles. The van der Waals surface area contributed by atoms with Gasteiger partial charge in [-0.1, -0.05) is 5.16 Å². The second-order valence-electron chi connectivity index (χ2n) is 4.17. The van der Waals surface area contributed by atoms with Crippen LogP contribution in [0.3, 0.4) is 0 Å². The average molecular weight is 271 g/mol. The van der Waals surface area contributed by atoms with Crippen molar-refractivity contribution in [1.29, 1.82) is 0 Å². The highest BCUT2D eigenvalue weighted by Crippen LogP contribution is 2.17. The van der Waals surface area contributed by atoms with Crippen molar-refractivity contribution in [1.82, 2.24) is 4.90 Å². The number of aliphatic carboxylic acids is 1. The number of oxime groups is 1. The second-order valence-corrected chi connectivity index (χ2v) is 4.17. The van der Waals surface area contributed by atoms with Crippen LogP contribution >= 0.6 is 0 Å². The van der Waals surface area contributed by atoms with E-state index in [1.54, 1.807) is 0 Å². The summed E-state index contributed by atoms with van der Waals surface area (Å²) in [6.45, 7) is 0.518. The molecule has 3 N–H and O–H groups in total. The van der Waals surface area contributed by atoms with E-state index in [1.807, 2.05) is 0 Å². The first-order chi connectivity index (χ1) is 9.00. The number of morpholine rings is 1. The maximum Gasteiger partial charge on any atom is 0.353 e. The molecule has 9 nitrogen and oxygen atoms in total. The molecule has 2 heterocycles. The van der Waals surface area contributed by atoms with E-state index in [9.17, 15) is 14.4 Å². The fourth-order valence-electron chi connectivity index (χ4n) is 1.92. The molecule has 0 aromatic carbocycles. The molecule has 2 atom stereocenters. The topological polar surface area (TPSA) is 132 Å². The zero-order valence-corrected chi connectivity index (χ0v) is 9.94. The third kappa shape index (κ3) is 2.65. The Balaban J connectivity index is 2.03. The first-order valence-electron chi connectivity index (χ1n) is 5.64. The largest absolute Gasteiger partial charge is 0.477 e. The van der Waals surface area contributed by atoms with Crippen LogP contribution in [-0.4, -0.2) is 65.4 Å².